The fraction of sp³-hybridized carbons (Fsp3) is 0.400. The number of nitrogen functional groups attached to an aromatic ring is 1. The maximum atomic E-state index is 5.47. The fourth-order valence-electron chi connectivity index (χ4n) is 1.81. The summed E-state index contributed by atoms with van der Waals surface area (Å²) in [7, 11) is 0. The molecule has 0 saturated heterocycles. The Hall–Kier alpha value is -2.21. The summed E-state index contributed by atoms with van der Waals surface area (Å²) in [5, 5.41) is 3.29. The van der Waals surface area contributed by atoms with Crippen molar-refractivity contribution < 1.29 is 0 Å². The van der Waals surface area contributed by atoms with Gasteiger partial charge in [-0.2, -0.15) is 0 Å². The highest BCUT2D eigenvalue weighted by atomic mass is 15.3. The fourth-order valence-corrected chi connectivity index (χ4v) is 1.81. The third-order valence-electron chi connectivity index (χ3n) is 2.96. The molecule has 6 nitrogen and oxygen atoms in total. The number of nitrogens with two attached hydrogens (primary N) is 1. The number of hydrazine groups is 1. The standard InChI is InChI=1S/C15H22N6/c1-15(2,3)14-19-12(10-13(20-14)21-16)18-9-7-11-6-4-5-8-17-11/h4-6,8,10H,7,9,16H2,1-3H3,(H2,18,19,20,21). The van der Waals surface area contributed by atoms with E-state index in [-0.39, 0.29) is 5.41 Å². The van der Waals surface area contributed by atoms with Gasteiger partial charge in [0.15, 0.2) is 0 Å². The zero-order chi connectivity index (χ0) is 15.3. The lowest BCUT2D eigenvalue weighted by atomic mass is 9.96. The molecule has 0 aliphatic heterocycles. The zero-order valence-electron chi connectivity index (χ0n) is 12.7. The average molecular weight is 286 g/mol. The van der Waals surface area contributed by atoms with E-state index in [1.165, 1.54) is 0 Å². The molecule has 6 heteroatoms. The Morgan fingerprint density at radius 2 is 1.90 bits per heavy atom. The zero-order valence-corrected chi connectivity index (χ0v) is 12.7. The van der Waals surface area contributed by atoms with Crippen LogP contribution in [-0.2, 0) is 11.8 Å². The van der Waals surface area contributed by atoms with Crippen LogP contribution in [0.25, 0.3) is 0 Å². The third-order valence-corrected chi connectivity index (χ3v) is 2.96. The minimum Gasteiger partial charge on any atom is -0.370 e. The Labute approximate surface area is 125 Å². The van der Waals surface area contributed by atoms with Gasteiger partial charge in [-0.3, -0.25) is 4.98 Å². The van der Waals surface area contributed by atoms with Gasteiger partial charge in [0.25, 0.3) is 0 Å². The third kappa shape index (κ3) is 4.39. The van der Waals surface area contributed by atoms with Crippen LogP contribution in [0.15, 0.2) is 30.5 Å². The first-order valence-corrected chi connectivity index (χ1v) is 6.99. The van der Waals surface area contributed by atoms with Crippen LogP contribution in [0.2, 0.25) is 0 Å². The number of hydrogen-bond donors (Lipinski definition) is 3. The second-order valence-electron chi connectivity index (χ2n) is 5.85. The molecule has 0 fully saturated rings. The molecule has 21 heavy (non-hydrogen) atoms. The van der Waals surface area contributed by atoms with Gasteiger partial charge in [-0.25, -0.2) is 15.8 Å². The normalized spacial score (nSPS) is 11.2. The molecule has 0 bridgehead atoms. The van der Waals surface area contributed by atoms with E-state index in [0.717, 1.165) is 30.3 Å². The Bertz CT molecular complexity index is 576. The van der Waals surface area contributed by atoms with E-state index in [1.807, 2.05) is 18.2 Å². The van der Waals surface area contributed by atoms with Crippen LogP contribution < -0.4 is 16.6 Å². The summed E-state index contributed by atoms with van der Waals surface area (Å²) in [6, 6.07) is 7.71. The first-order valence-electron chi connectivity index (χ1n) is 6.99. The van der Waals surface area contributed by atoms with Gasteiger partial charge in [0.2, 0.25) is 0 Å². The Kier molecular flexibility index (Phi) is 4.70. The van der Waals surface area contributed by atoms with Crippen molar-refractivity contribution in [2.24, 2.45) is 5.84 Å². The molecule has 2 aromatic rings. The highest BCUT2D eigenvalue weighted by Crippen LogP contribution is 2.21. The summed E-state index contributed by atoms with van der Waals surface area (Å²) in [6.07, 6.45) is 2.63. The molecule has 4 N–H and O–H groups in total. The Balaban J connectivity index is 2.05. The molecule has 0 amide bonds. The highest BCUT2D eigenvalue weighted by Gasteiger charge is 2.18. The largest absolute Gasteiger partial charge is 0.370 e. The molecule has 112 valence electrons. The summed E-state index contributed by atoms with van der Waals surface area (Å²) < 4.78 is 0. The number of anilines is 2. The van der Waals surface area contributed by atoms with Crippen molar-refractivity contribution in [3.63, 3.8) is 0 Å². The van der Waals surface area contributed by atoms with Gasteiger partial charge in [-0.05, 0) is 12.1 Å². The van der Waals surface area contributed by atoms with Crippen molar-refractivity contribution in [1.29, 1.82) is 0 Å². The maximum absolute atomic E-state index is 5.47. The molecule has 2 aromatic heterocycles. The Morgan fingerprint density at radius 1 is 1.14 bits per heavy atom. The van der Waals surface area contributed by atoms with Gasteiger partial charge in [-0.1, -0.05) is 26.8 Å². The topological polar surface area (TPSA) is 88.8 Å². The summed E-state index contributed by atoms with van der Waals surface area (Å²) in [6.45, 7) is 6.96. The van der Waals surface area contributed by atoms with Gasteiger partial charge >= 0.3 is 0 Å². The molecular formula is C15H22N6. The van der Waals surface area contributed by atoms with Crippen molar-refractivity contribution in [3.8, 4) is 0 Å². The number of pyridine rings is 1. The smallest absolute Gasteiger partial charge is 0.145 e. The molecule has 0 aromatic carbocycles. The predicted octanol–water partition coefficient (Wildman–Crippen LogP) is 2.11. The summed E-state index contributed by atoms with van der Waals surface area (Å²) in [5.74, 6) is 7.59. The number of hydrogen-bond acceptors (Lipinski definition) is 6. The molecule has 0 saturated carbocycles. The monoisotopic (exact) mass is 286 g/mol. The quantitative estimate of drug-likeness (QED) is 0.576. The summed E-state index contributed by atoms with van der Waals surface area (Å²) >= 11 is 0. The number of aromatic nitrogens is 3. The van der Waals surface area contributed by atoms with Crippen LogP contribution in [0.4, 0.5) is 11.6 Å². The summed E-state index contributed by atoms with van der Waals surface area (Å²) in [5.41, 5.74) is 3.50. The SMILES string of the molecule is CC(C)(C)c1nc(NN)cc(NCCc2ccccn2)n1. The van der Waals surface area contributed by atoms with Crippen LogP contribution >= 0.6 is 0 Å². The van der Waals surface area contributed by atoms with Crippen molar-refractivity contribution in [3.05, 3.63) is 42.0 Å². The minimum absolute atomic E-state index is 0.135. The maximum Gasteiger partial charge on any atom is 0.145 e. The van der Waals surface area contributed by atoms with Gasteiger partial charge in [0, 0.05) is 36.3 Å². The van der Waals surface area contributed by atoms with E-state index in [0.29, 0.717) is 5.82 Å². The lowest BCUT2D eigenvalue weighted by Gasteiger charge is -2.18. The van der Waals surface area contributed by atoms with Crippen LogP contribution in [0, 0.1) is 0 Å². The van der Waals surface area contributed by atoms with Crippen LogP contribution in [-0.4, -0.2) is 21.5 Å². The molecule has 0 aliphatic rings. The van der Waals surface area contributed by atoms with Crippen LogP contribution in [0.3, 0.4) is 0 Å². The first kappa shape index (κ1) is 15.2. The molecule has 0 aliphatic carbocycles. The van der Waals surface area contributed by atoms with Crippen molar-refractivity contribution in [2.45, 2.75) is 32.6 Å². The molecular weight excluding hydrogens is 264 g/mol. The second kappa shape index (κ2) is 6.49. The summed E-state index contributed by atoms with van der Waals surface area (Å²) in [4.78, 5) is 13.2. The average Bonchev–Trinajstić information content (AvgIpc) is 2.47. The Morgan fingerprint density at radius 3 is 2.52 bits per heavy atom. The van der Waals surface area contributed by atoms with Gasteiger partial charge in [0.05, 0.1) is 0 Å². The molecule has 0 atom stereocenters. The minimum atomic E-state index is -0.135. The predicted molar refractivity (Wildman–Crippen MR) is 85.0 cm³/mol. The highest BCUT2D eigenvalue weighted by molar-refractivity contribution is 5.47. The number of nitrogens with zero attached hydrogens (tertiary/aromatic N) is 3. The lowest BCUT2D eigenvalue weighted by Crippen LogP contribution is -2.20. The van der Waals surface area contributed by atoms with Crippen molar-refractivity contribution in [1.82, 2.24) is 15.0 Å². The molecule has 0 spiro atoms. The second-order valence-corrected chi connectivity index (χ2v) is 5.85. The van der Waals surface area contributed by atoms with Crippen LogP contribution in [0.5, 0.6) is 0 Å². The van der Waals surface area contributed by atoms with E-state index in [1.54, 1.807) is 12.3 Å². The van der Waals surface area contributed by atoms with Gasteiger partial charge < -0.3 is 10.7 Å². The van der Waals surface area contributed by atoms with Crippen LogP contribution in [0.1, 0.15) is 32.3 Å². The van der Waals surface area contributed by atoms with E-state index in [2.05, 4.69) is 46.5 Å². The van der Waals surface area contributed by atoms with Crippen molar-refractivity contribution >= 4 is 11.6 Å². The van der Waals surface area contributed by atoms with E-state index >= 15 is 0 Å². The number of nitrogens with one attached hydrogen (secondary N) is 2. The van der Waals surface area contributed by atoms with E-state index in [9.17, 15) is 0 Å². The first-order chi connectivity index (χ1) is 9.99. The van der Waals surface area contributed by atoms with Gasteiger partial charge in [-0.15, -0.1) is 0 Å². The molecule has 0 radical (unpaired) electrons. The molecule has 2 heterocycles. The lowest BCUT2D eigenvalue weighted by molar-refractivity contribution is 0.546. The van der Waals surface area contributed by atoms with Gasteiger partial charge in [0.1, 0.15) is 17.5 Å². The molecule has 0 unspecified atom stereocenters. The van der Waals surface area contributed by atoms with E-state index < -0.39 is 0 Å². The van der Waals surface area contributed by atoms with Crippen molar-refractivity contribution in [2.75, 3.05) is 17.3 Å². The molecule has 2 rings (SSSR count). The number of rotatable bonds is 5. The van der Waals surface area contributed by atoms with E-state index in [4.69, 9.17) is 5.84 Å².